The number of allylic oxidation sites excluding steroid dienone is 3. The Bertz CT molecular complexity index is 884. The normalized spacial score (nSPS) is 19.7. The molecular formula is C15H13BrCl2FNO4S. The Morgan fingerprint density at radius 1 is 1.40 bits per heavy atom. The first kappa shape index (κ1) is 20.2. The maximum atomic E-state index is 14.1. The van der Waals surface area contributed by atoms with E-state index in [2.05, 4.69) is 25.4 Å². The standard InChI is InChI=1S/C15H13BrCl2FNO4S/c1-8-6-7-9(14(21)24-2)15(17,18)13(8)25(22,23)20-11-5-3-4-10(16)12(11)19/h3-7,9,20H,1-2H3. The summed E-state index contributed by atoms with van der Waals surface area (Å²) in [5, 5.41) is 0. The summed E-state index contributed by atoms with van der Waals surface area (Å²) in [4.78, 5) is 11.4. The molecule has 0 radical (unpaired) electrons. The molecule has 1 aromatic rings. The molecule has 0 amide bonds. The van der Waals surface area contributed by atoms with Crippen LogP contribution in [-0.4, -0.2) is 25.8 Å². The fourth-order valence-electron chi connectivity index (χ4n) is 2.36. The van der Waals surface area contributed by atoms with Gasteiger partial charge in [-0.3, -0.25) is 9.52 Å². The molecule has 1 aliphatic rings. The number of anilines is 1. The van der Waals surface area contributed by atoms with Crippen molar-refractivity contribution in [3.05, 3.63) is 51.1 Å². The number of ether oxygens (including phenoxy) is 1. The summed E-state index contributed by atoms with van der Waals surface area (Å²) < 4.78 is 44.4. The van der Waals surface area contributed by atoms with Crippen molar-refractivity contribution in [3.63, 3.8) is 0 Å². The third-order valence-electron chi connectivity index (χ3n) is 3.51. The van der Waals surface area contributed by atoms with Crippen molar-refractivity contribution in [2.24, 2.45) is 5.92 Å². The van der Waals surface area contributed by atoms with Gasteiger partial charge in [-0.2, -0.15) is 0 Å². The van der Waals surface area contributed by atoms with E-state index < -0.39 is 37.0 Å². The van der Waals surface area contributed by atoms with Crippen molar-refractivity contribution in [2.45, 2.75) is 11.3 Å². The first-order chi connectivity index (χ1) is 11.5. The summed E-state index contributed by atoms with van der Waals surface area (Å²) in [5.74, 6) is -2.83. The molecule has 25 heavy (non-hydrogen) atoms. The van der Waals surface area contributed by atoms with Crippen LogP contribution in [0, 0.1) is 11.7 Å². The van der Waals surface area contributed by atoms with Crippen LogP contribution in [0.3, 0.4) is 0 Å². The van der Waals surface area contributed by atoms with Crippen molar-refractivity contribution in [1.82, 2.24) is 0 Å². The lowest BCUT2D eigenvalue weighted by Gasteiger charge is -2.32. The van der Waals surface area contributed by atoms with Crippen LogP contribution in [-0.2, 0) is 19.6 Å². The van der Waals surface area contributed by atoms with Crippen molar-refractivity contribution in [1.29, 1.82) is 0 Å². The largest absolute Gasteiger partial charge is 0.468 e. The second kappa shape index (κ2) is 7.26. The second-order valence-corrected chi connectivity index (χ2v) is 9.06. The van der Waals surface area contributed by atoms with Crippen molar-refractivity contribution in [2.75, 3.05) is 11.8 Å². The van der Waals surface area contributed by atoms with Crippen LogP contribution in [0.25, 0.3) is 0 Å². The molecule has 0 heterocycles. The zero-order valence-electron chi connectivity index (χ0n) is 13.0. The van der Waals surface area contributed by atoms with Crippen LogP contribution in [0.2, 0.25) is 0 Å². The quantitative estimate of drug-likeness (QED) is 0.528. The predicted octanol–water partition coefficient (Wildman–Crippen LogP) is 4.14. The van der Waals surface area contributed by atoms with E-state index in [0.717, 1.165) is 7.11 Å². The third kappa shape index (κ3) is 3.86. The van der Waals surface area contributed by atoms with Crippen molar-refractivity contribution >= 4 is 60.8 Å². The minimum Gasteiger partial charge on any atom is -0.468 e. The fourth-order valence-corrected chi connectivity index (χ4v) is 5.49. The number of rotatable bonds is 4. The number of halogens is 4. The predicted molar refractivity (Wildman–Crippen MR) is 98.4 cm³/mol. The van der Waals surface area contributed by atoms with Crippen LogP contribution in [0.15, 0.2) is 45.3 Å². The van der Waals surface area contributed by atoms with Gasteiger partial charge in [0.1, 0.15) is 10.8 Å². The van der Waals surface area contributed by atoms with Crippen LogP contribution < -0.4 is 4.72 Å². The van der Waals surface area contributed by atoms with Crippen molar-refractivity contribution in [3.8, 4) is 0 Å². The average molecular weight is 473 g/mol. The Morgan fingerprint density at radius 2 is 2.04 bits per heavy atom. The second-order valence-electron chi connectivity index (χ2n) is 5.20. The molecule has 0 saturated carbocycles. The molecule has 0 aliphatic heterocycles. The topological polar surface area (TPSA) is 72.5 Å². The van der Waals surface area contributed by atoms with E-state index in [9.17, 15) is 17.6 Å². The molecule has 1 aromatic carbocycles. The maximum absolute atomic E-state index is 14.1. The Morgan fingerprint density at radius 3 is 2.64 bits per heavy atom. The van der Waals surface area contributed by atoms with Gasteiger partial charge in [0.15, 0.2) is 10.2 Å². The Hall–Kier alpha value is -1.09. The lowest BCUT2D eigenvalue weighted by atomic mass is 9.96. The zero-order valence-corrected chi connectivity index (χ0v) is 16.9. The van der Waals surface area contributed by atoms with Crippen LogP contribution in [0.4, 0.5) is 10.1 Å². The summed E-state index contributed by atoms with van der Waals surface area (Å²) in [5.41, 5.74) is -0.0731. The van der Waals surface area contributed by atoms with Crippen LogP contribution >= 0.6 is 39.1 Å². The SMILES string of the molecule is COC(=O)C1C=CC(C)=C(S(=O)(=O)Nc2cccc(Br)c2F)C1(Cl)Cl. The molecule has 1 aliphatic carbocycles. The number of hydrogen-bond donors (Lipinski definition) is 1. The number of methoxy groups -OCH3 is 1. The zero-order chi connectivity index (χ0) is 19.0. The molecule has 0 saturated heterocycles. The lowest BCUT2D eigenvalue weighted by molar-refractivity contribution is -0.143. The number of hydrogen-bond acceptors (Lipinski definition) is 4. The molecule has 5 nitrogen and oxygen atoms in total. The highest BCUT2D eigenvalue weighted by Gasteiger charge is 2.50. The van der Waals surface area contributed by atoms with Gasteiger partial charge in [0.05, 0.1) is 17.3 Å². The number of carbonyl (C=O) groups is 1. The van der Waals surface area contributed by atoms with Gasteiger partial charge >= 0.3 is 5.97 Å². The number of alkyl halides is 2. The van der Waals surface area contributed by atoms with Crippen LogP contribution in [0.5, 0.6) is 0 Å². The van der Waals surface area contributed by atoms with Crippen molar-refractivity contribution < 1.29 is 22.3 Å². The van der Waals surface area contributed by atoms with E-state index in [4.69, 9.17) is 23.2 Å². The lowest BCUT2D eigenvalue weighted by Crippen LogP contribution is -2.40. The number of sulfonamides is 1. The molecule has 1 N–H and O–H groups in total. The van der Waals surface area contributed by atoms with Crippen LogP contribution in [0.1, 0.15) is 6.92 Å². The van der Waals surface area contributed by atoms with Gasteiger partial charge in [0.2, 0.25) is 0 Å². The Kier molecular flexibility index (Phi) is 5.88. The molecule has 0 spiro atoms. The van der Waals surface area contributed by atoms with Gasteiger partial charge in [-0.1, -0.05) is 41.4 Å². The summed E-state index contributed by atoms with van der Waals surface area (Å²) in [6, 6.07) is 4.12. The van der Waals surface area contributed by atoms with Gasteiger partial charge in [0, 0.05) is 0 Å². The van der Waals surface area contributed by atoms with Gasteiger partial charge in [-0.25, -0.2) is 12.8 Å². The van der Waals surface area contributed by atoms with E-state index in [1.165, 1.54) is 37.3 Å². The van der Waals surface area contributed by atoms with E-state index in [1.807, 2.05) is 0 Å². The molecule has 2 rings (SSSR count). The minimum atomic E-state index is -4.36. The Labute approximate surface area is 163 Å². The molecule has 136 valence electrons. The van der Waals surface area contributed by atoms with Gasteiger partial charge in [0.25, 0.3) is 10.0 Å². The number of nitrogens with one attached hydrogen (secondary N) is 1. The number of carbonyl (C=O) groups excluding carboxylic acids is 1. The first-order valence-electron chi connectivity index (χ1n) is 6.84. The molecular weight excluding hydrogens is 460 g/mol. The molecule has 1 unspecified atom stereocenters. The average Bonchev–Trinajstić information content (AvgIpc) is 2.50. The highest BCUT2D eigenvalue weighted by molar-refractivity contribution is 9.10. The van der Waals surface area contributed by atoms with E-state index in [-0.39, 0.29) is 15.7 Å². The van der Waals surface area contributed by atoms with Gasteiger partial charge in [-0.15, -0.1) is 0 Å². The van der Waals surface area contributed by atoms with E-state index in [1.54, 1.807) is 0 Å². The minimum absolute atomic E-state index is 0.0809. The molecule has 0 aromatic heterocycles. The maximum Gasteiger partial charge on any atom is 0.315 e. The summed E-state index contributed by atoms with van der Waals surface area (Å²) in [6.45, 7) is 1.47. The molecule has 0 bridgehead atoms. The molecule has 10 heteroatoms. The highest BCUT2D eigenvalue weighted by atomic mass is 79.9. The number of benzene rings is 1. The molecule has 1 atom stereocenters. The summed E-state index contributed by atoms with van der Waals surface area (Å²) in [7, 11) is -3.23. The number of esters is 1. The monoisotopic (exact) mass is 471 g/mol. The summed E-state index contributed by atoms with van der Waals surface area (Å²) in [6.07, 6.45) is 2.76. The smallest absolute Gasteiger partial charge is 0.315 e. The third-order valence-corrected chi connectivity index (χ3v) is 6.86. The summed E-state index contributed by atoms with van der Waals surface area (Å²) >= 11 is 15.4. The highest BCUT2D eigenvalue weighted by Crippen LogP contribution is 2.46. The van der Waals surface area contributed by atoms with Gasteiger partial charge in [-0.05, 0) is 40.6 Å². The molecule has 0 fully saturated rings. The van der Waals surface area contributed by atoms with E-state index in [0.29, 0.717) is 0 Å². The van der Waals surface area contributed by atoms with E-state index >= 15 is 0 Å². The Balaban J connectivity index is 2.51. The first-order valence-corrected chi connectivity index (χ1v) is 9.87. The van der Waals surface area contributed by atoms with Gasteiger partial charge < -0.3 is 4.74 Å². The fraction of sp³-hybridized carbons (Fsp3) is 0.267.